The summed E-state index contributed by atoms with van der Waals surface area (Å²) >= 11 is 6.02. The highest BCUT2D eigenvalue weighted by Gasteiger charge is 2.16. The summed E-state index contributed by atoms with van der Waals surface area (Å²) in [6.45, 7) is 3.20. The van der Waals surface area contributed by atoms with Crippen LogP contribution in [0.15, 0.2) is 60.8 Å². The molecule has 1 amide bonds. The number of amides is 1. The van der Waals surface area contributed by atoms with Crippen molar-refractivity contribution in [1.82, 2.24) is 20.0 Å². The van der Waals surface area contributed by atoms with E-state index in [4.69, 9.17) is 11.6 Å². The number of carbonyl (C=O) groups is 1. The summed E-state index contributed by atoms with van der Waals surface area (Å²) in [6.07, 6.45) is 3.28. The van der Waals surface area contributed by atoms with Crippen LogP contribution in [0.2, 0.25) is 5.02 Å². The first-order valence-electron chi connectivity index (χ1n) is 10.1. The van der Waals surface area contributed by atoms with Gasteiger partial charge in [0.05, 0.1) is 11.8 Å². The molecule has 1 aromatic heterocycles. The summed E-state index contributed by atoms with van der Waals surface area (Å²) in [5, 5.41) is 17.5. The highest BCUT2D eigenvalue weighted by molar-refractivity contribution is 6.30. The van der Waals surface area contributed by atoms with Gasteiger partial charge >= 0.3 is 0 Å². The number of hydrogen-bond donors (Lipinski definition) is 2. The molecule has 0 unspecified atom stereocenters. The second-order valence-electron chi connectivity index (χ2n) is 7.63. The minimum Gasteiger partial charge on any atom is -0.393 e. The van der Waals surface area contributed by atoms with Gasteiger partial charge in [0.1, 0.15) is 0 Å². The number of benzene rings is 2. The van der Waals surface area contributed by atoms with Gasteiger partial charge in [-0.1, -0.05) is 41.9 Å². The minimum absolute atomic E-state index is 0.149. The first-order chi connectivity index (χ1) is 14.6. The van der Waals surface area contributed by atoms with Crippen LogP contribution in [0.4, 0.5) is 0 Å². The number of likely N-dealkylation sites (tertiary alicyclic amines) is 1. The van der Waals surface area contributed by atoms with Crippen molar-refractivity contribution in [2.45, 2.75) is 32.0 Å². The van der Waals surface area contributed by atoms with Crippen molar-refractivity contribution < 1.29 is 9.90 Å². The Labute approximate surface area is 181 Å². The second kappa shape index (κ2) is 9.43. The van der Waals surface area contributed by atoms with Crippen molar-refractivity contribution in [3.05, 3.63) is 82.6 Å². The lowest BCUT2D eigenvalue weighted by atomic mass is 10.1. The molecule has 0 aliphatic carbocycles. The number of hydrogen-bond acceptors (Lipinski definition) is 4. The predicted molar refractivity (Wildman–Crippen MR) is 117 cm³/mol. The van der Waals surface area contributed by atoms with Crippen LogP contribution in [0.5, 0.6) is 0 Å². The van der Waals surface area contributed by atoms with E-state index in [1.165, 1.54) is 5.56 Å². The number of carbonyl (C=O) groups excluding carboxylic acids is 1. The van der Waals surface area contributed by atoms with Crippen LogP contribution in [0.1, 0.15) is 34.5 Å². The van der Waals surface area contributed by atoms with Gasteiger partial charge in [-0.3, -0.25) is 9.69 Å². The summed E-state index contributed by atoms with van der Waals surface area (Å²) in [6, 6.07) is 17.3. The Morgan fingerprint density at radius 3 is 2.57 bits per heavy atom. The van der Waals surface area contributed by atoms with E-state index < -0.39 is 0 Å². The first kappa shape index (κ1) is 20.6. The summed E-state index contributed by atoms with van der Waals surface area (Å²) in [5.41, 5.74) is 3.44. The highest BCUT2D eigenvalue weighted by Crippen LogP contribution is 2.15. The predicted octanol–water partition coefficient (Wildman–Crippen LogP) is 3.41. The van der Waals surface area contributed by atoms with Crippen LogP contribution in [-0.4, -0.2) is 44.9 Å². The normalized spacial score (nSPS) is 15.3. The quantitative estimate of drug-likeness (QED) is 0.636. The number of aromatic nitrogens is 2. The molecule has 3 aromatic rings. The van der Waals surface area contributed by atoms with Crippen LogP contribution in [0.3, 0.4) is 0 Å². The maximum Gasteiger partial charge on any atom is 0.272 e. The highest BCUT2D eigenvalue weighted by atomic mass is 35.5. The zero-order valence-electron chi connectivity index (χ0n) is 16.7. The van der Waals surface area contributed by atoms with Crippen LogP contribution in [0, 0.1) is 0 Å². The molecule has 2 N–H and O–H groups in total. The molecular formula is C23H25ClN4O2. The molecule has 1 saturated heterocycles. The Morgan fingerprint density at radius 2 is 1.83 bits per heavy atom. The molecule has 1 aliphatic heterocycles. The van der Waals surface area contributed by atoms with E-state index in [1.54, 1.807) is 29.1 Å². The van der Waals surface area contributed by atoms with Crippen molar-refractivity contribution in [2.75, 3.05) is 13.1 Å². The molecule has 0 bridgehead atoms. The number of aliphatic hydroxyl groups excluding tert-OH is 1. The van der Waals surface area contributed by atoms with Gasteiger partial charge in [0.2, 0.25) is 0 Å². The summed E-state index contributed by atoms with van der Waals surface area (Å²) in [5.74, 6) is -0.216. The Morgan fingerprint density at radius 1 is 1.10 bits per heavy atom. The van der Waals surface area contributed by atoms with Crippen molar-refractivity contribution in [3.8, 4) is 5.69 Å². The Kier molecular flexibility index (Phi) is 6.47. The lowest BCUT2D eigenvalue weighted by Gasteiger charge is -2.29. The van der Waals surface area contributed by atoms with E-state index in [-0.39, 0.29) is 12.0 Å². The third-order valence-corrected chi connectivity index (χ3v) is 5.57. The van der Waals surface area contributed by atoms with E-state index in [0.717, 1.165) is 43.7 Å². The van der Waals surface area contributed by atoms with E-state index in [9.17, 15) is 9.90 Å². The van der Waals surface area contributed by atoms with Crippen LogP contribution < -0.4 is 5.32 Å². The maximum absolute atomic E-state index is 12.4. The van der Waals surface area contributed by atoms with Crippen molar-refractivity contribution >= 4 is 17.5 Å². The lowest BCUT2D eigenvalue weighted by Crippen LogP contribution is -2.35. The van der Waals surface area contributed by atoms with Crippen molar-refractivity contribution in [3.63, 3.8) is 0 Å². The molecule has 156 valence electrons. The molecule has 4 rings (SSSR count). The SMILES string of the molecule is O=C(NCc1ccc(CN2CCC(O)CC2)cc1)c1ccn(-c2cccc(Cl)c2)n1. The molecule has 0 spiro atoms. The fourth-order valence-corrected chi connectivity index (χ4v) is 3.76. The van der Waals surface area contributed by atoms with Gasteiger partial charge in [-0.2, -0.15) is 5.10 Å². The lowest BCUT2D eigenvalue weighted by molar-refractivity contribution is 0.0792. The molecule has 0 atom stereocenters. The molecular weight excluding hydrogens is 400 g/mol. The third-order valence-electron chi connectivity index (χ3n) is 5.33. The topological polar surface area (TPSA) is 70.4 Å². The van der Waals surface area contributed by atoms with Crippen LogP contribution in [0.25, 0.3) is 5.69 Å². The molecule has 6 nitrogen and oxygen atoms in total. The Bertz CT molecular complexity index is 994. The van der Waals surface area contributed by atoms with Crippen molar-refractivity contribution in [2.24, 2.45) is 0 Å². The van der Waals surface area contributed by atoms with E-state index in [2.05, 4.69) is 27.4 Å². The average Bonchev–Trinajstić information content (AvgIpc) is 3.25. The monoisotopic (exact) mass is 424 g/mol. The van der Waals surface area contributed by atoms with E-state index >= 15 is 0 Å². The zero-order chi connectivity index (χ0) is 20.9. The van der Waals surface area contributed by atoms with E-state index in [1.807, 2.05) is 24.3 Å². The smallest absolute Gasteiger partial charge is 0.272 e. The zero-order valence-corrected chi connectivity index (χ0v) is 17.4. The molecule has 1 aliphatic rings. The molecule has 0 radical (unpaired) electrons. The van der Waals surface area contributed by atoms with Gasteiger partial charge in [0.15, 0.2) is 5.69 Å². The van der Waals surface area contributed by atoms with Gasteiger partial charge in [-0.25, -0.2) is 4.68 Å². The van der Waals surface area contributed by atoms with Crippen molar-refractivity contribution in [1.29, 1.82) is 0 Å². The molecule has 1 fully saturated rings. The maximum atomic E-state index is 12.4. The van der Waals surface area contributed by atoms with Crippen LogP contribution in [-0.2, 0) is 13.1 Å². The average molecular weight is 425 g/mol. The second-order valence-corrected chi connectivity index (χ2v) is 8.07. The summed E-state index contributed by atoms with van der Waals surface area (Å²) in [7, 11) is 0. The third kappa shape index (κ3) is 5.27. The first-order valence-corrected chi connectivity index (χ1v) is 10.5. The number of aliphatic hydroxyl groups is 1. The van der Waals surface area contributed by atoms with Gasteiger partial charge in [0.25, 0.3) is 5.91 Å². The Balaban J connectivity index is 1.30. The number of piperidine rings is 1. The number of rotatable bonds is 6. The van der Waals surface area contributed by atoms with Gasteiger partial charge in [-0.05, 0) is 48.2 Å². The molecule has 2 aromatic carbocycles. The molecule has 0 saturated carbocycles. The van der Waals surface area contributed by atoms with Gasteiger partial charge < -0.3 is 10.4 Å². The standard InChI is InChI=1S/C23H25ClN4O2/c24-19-2-1-3-20(14-19)28-13-10-22(26-28)23(30)25-15-17-4-6-18(7-5-17)16-27-11-8-21(29)9-12-27/h1-7,10,13-14,21,29H,8-9,11-12,15-16H2,(H,25,30). The number of nitrogens with one attached hydrogen (secondary N) is 1. The molecule has 7 heteroatoms. The molecule has 2 heterocycles. The largest absolute Gasteiger partial charge is 0.393 e. The summed E-state index contributed by atoms with van der Waals surface area (Å²) in [4.78, 5) is 14.8. The summed E-state index contributed by atoms with van der Waals surface area (Å²) < 4.78 is 1.63. The van der Waals surface area contributed by atoms with E-state index in [0.29, 0.717) is 17.3 Å². The minimum atomic E-state index is -0.216. The number of halogens is 1. The van der Waals surface area contributed by atoms with Crippen LogP contribution >= 0.6 is 11.6 Å². The van der Waals surface area contributed by atoms with Gasteiger partial charge in [0, 0.05) is 37.4 Å². The number of nitrogens with zero attached hydrogens (tertiary/aromatic N) is 3. The molecule has 30 heavy (non-hydrogen) atoms. The Hall–Kier alpha value is -2.67. The fourth-order valence-electron chi connectivity index (χ4n) is 3.58. The van der Waals surface area contributed by atoms with Gasteiger partial charge in [-0.15, -0.1) is 0 Å². The fraction of sp³-hybridized carbons (Fsp3) is 0.304.